The van der Waals surface area contributed by atoms with Crippen LogP contribution in [-0.4, -0.2) is 70.5 Å². The fourth-order valence-corrected chi connectivity index (χ4v) is 4.91. The molecule has 0 unspecified atom stereocenters. The molecular weight excluding hydrogens is 462 g/mol. The van der Waals surface area contributed by atoms with E-state index in [-0.39, 0.29) is 5.95 Å². The molecule has 4 heterocycles. The highest BCUT2D eigenvalue weighted by Gasteiger charge is 2.22. The third-order valence-electron chi connectivity index (χ3n) is 6.97. The van der Waals surface area contributed by atoms with Crippen molar-refractivity contribution >= 4 is 23.5 Å². The highest BCUT2D eigenvalue weighted by Crippen LogP contribution is 2.25. The Kier molecular flexibility index (Phi) is 6.86. The van der Waals surface area contributed by atoms with Crippen LogP contribution in [0.1, 0.15) is 24.6 Å². The summed E-state index contributed by atoms with van der Waals surface area (Å²) in [5, 5.41) is 4.55. The lowest BCUT2D eigenvalue weighted by Gasteiger charge is -2.35. The van der Waals surface area contributed by atoms with Crippen molar-refractivity contribution in [3.05, 3.63) is 59.4 Å². The highest BCUT2D eigenvalue weighted by atomic mass is 19.1. The average Bonchev–Trinajstić information content (AvgIpc) is 3.44. The summed E-state index contributed by atoms with van der Waals surface area (Å²) in [5.41, 5.74) is 8.61. The van der Waals surface area contributed by atoms with Crippen LogP contribution in [0.4, 0.5) is 26.2 Å². The molecule has 190 valence electrons. The molecule has 0 radical (unpaired) electrons. The number of nitrogen functional groups attached to an aromatic ring is 1. The van der Waals surface area contributed by atoms with Gasteiger partial charge in [0.1, 0.15) is 17.5 Å². The van der Waals surface area contributed by atoms with Crippen LogP contribution < -0.4 is 15.5 Å². The Morgan fingerprint density at radius 1 is 0.972 bits per heavy atom. The van der Waals surface area contributed by atoms with Gasteiger partial charge < -0.3 is 15.5 Å². The number of nitrogens with two attached hydrogens (primary N) is 1. The van der Waals surface area contributed by atoms with Crippen molar-refractivity contribution in [1.29, 1.82) is 0 Å². The van der Waals surface area contributed by atoms with E-state index in [1.165, 1.54) is 12.1 Å². The lowest BCUT2D eigenvalue weighted by Crippen LogP contribution is -2.46. The van der Waals surface area contributed by atoms with E-state index < -0.39 is 11.6 Å². The predicted molar refractivity (Wildman–Crippen MR) is 138 cm³/mol. The van der Waals surface area contributed by atoms with E-state index in [0.29, 0.717) is 17.4 Å². The molecular formula is C26H32F2N8. The van der Waals surface area contributed by atoms with E-state index in [1.807, 2.05) is 24.1 Å². The maximum Gasteiger partial charge on any atom is 0.224 e. The lowest BCUT2D eigenvalue weighted by atomic mass is 10.2. The Morgan fingerprint density at radius 2 is 1.69 bits per heavy atom. The molecule has 0 saturated carbocycles. The van der Waals surface area contributed by atoms with Crippen LogP contribution in [0, 0.1) is 24.5 Å². The minimum atomic E-state index is -0.544. The number of hydrogen-bond acceptors (Lipinski definition) is 7. The normalized spacial score (nSPS) is 19.1. The summed E-state index contributed by atoms with van der Waals surface area (Å²) in [6, 6.07) is 5.63. The quantitative estimate of drug-likeness (QED) is 0.562. The van der Waals surface area contributed by atoms with E-state index in [2.05, 4.69) is 43.9 Å². The van der Waals surface area contributed by atoms with Gasteiger partial charge in [0.05, 0.1) is 11.9 Å². The van der Waals surface area contributed by atoms with Crippen molar-refractivity contribution in [2.75, 3.05) is 61.3 Å². The van der Waals surface area contributed by atoms with Crippen molar-refractivity contribution in [3.8, 4) is 5.82 Å². The monoisotopic (exact) mass is 494 g/mol. The van der Waals surface area contributed by atoms with Crippen molar-refractivity contribution < 1.29 is 8.78 Å². The zero-order valence-electron chi connectivity index (χ0n) is 20.7. The maximum absolute atomic E-state index is 13.5. The van der Waals surface area contributed by atoms with Crippen LogP contribution in [0.2, 0.25) is 0 Å². The third kappa shape index (κ3) is 5.33. The standard InChI is InChI=1S/C26H32F2N8/c1-18-5-7-35(17-18)24-15-25(32-26(29)31-24)36-19(2)20(16-30-36)4-3-6-33-8-10-34(11-9-33)23-13-21(27)12-22(28)14-23/h3-4,12-16,18H,5-11,17H2,1-2H3,(H2,29,31,32)/b4-3+/t18-/m0/s1. The first-order valence-electron chi connectivity index (χ1n) is 12.4. The van der Waals surface area contributed by atoms with Gasteiger partial charge in [-0.15, -0.1) is 0 Å². The van der Waals surface area contributed by atoms with Gasteiger partial charge in [-0.25, -0.2) is 13.5 Å². The predicted octanol–water partition coefficient (Wildman–Crippen LogP) is 3.51. The van der Waals surface area contributed by atoms with Crippen molar-refractivity contribution in [2.45, 2.75) is 20.3 Å². The maximum atomic E-state index is 13.5. The van der Waals surface area contributed by atoms with E-state index in [9.17, 15) is 8.78 Å². The topological polar surface area (TPSA) is 79.3 Å². The second-order valence-corrected chi connectivity index (χ2v) is 9.70. The van der Waals surface area contributed by atoms with Gasteiger partial charge in [0.25, 0.3) is 0 Å². The molecule has 1 atom stereocenters. The van der Waals surface area contributed by atoms with E-state index in [1.54, 1.807) is 4.68 Å². The van der Waals surface area contributed by atoms with Crippen LogP contribution in [-0.2, 0) is 0 Å². The fraction of sp³-hybridized carbons (Fsp3) is 0.423. The van der Waals surface area contributed by atoms with Crippen LogP contribution >= 0.6 is 0 Å². The van der Waals surface area contributed by atoms with Crippen molar-refractivity contribution in [3.63, 3.8) is 0 Å². The van der Waals surface area contributed by atoms with Crippen LogP contribution in [0.3, 0.4) is 0 Å². The summed E-state index contributed by atoms with van der Waals surface area (Å²) >= 11 is 0. The summed E-state index contributed by atoms with van der Waals surface area (Å²) in [6.45, 7) is 10.1. The summed E-state index contributed by atoms with van der Waals surface area (Å²) < 4.78 is 28.9. The van der Waals surface area contributed by atoms with Gasteiger partial charge in [-0.3, -0.25) is 4.90 Å². The SMILES string of the molecule is Cc1c(/C=C/CN2CCN(c3cc(F)cc(F)c3)CC2)cnn1-c1cc(N2CC[C@H](C)C2)nc(N)n1. The lowest BCUT2D eigenvalue weighted by molar-refractivity contribution is 0.284. The molecule has 5 rings (SSSR count). The van der Waals surface area contributed by atoms with Gasteiger partial charge in [0.2, 0.25) is 5.95 Å². The summed E-state index contributed by atoms with van der Waals surface area (Å²) in [4.78, 5) is 15.4. The molecule has 2 aliphatic heterocycles. The molecule has 36 heavy (non-hydrogen) atoms. The first-order valence-corrected chi connectivity index (χ1v) is 12.4. The van der Waals surface area contributed by atoms with E-state index in [0.717, 1.165) is 75.4 Å². The van der Waals surface area contributed by atoms with E-state index >= 15 is 0 Å². The van der Waals surface area contributed by atoms with Gasteiger partial charge >= 0.3 is 0 Å². The summed E-state index contributed by atoms with van der Waals surface area (Å²) in [7, 11) is 0. The Labute approximate surface area is 210 Å². The Bertz CT molecular complexity index is 1230. The second-order valence-electron chi connectivity index (χ2n) is 9.70. The molecule has 2 fully saturated rings. The average molecular weight is 495 g/mol. The number of aromatic nitrogens is 4. The van der Waals surface area contributed by atoms with Crippen LogP contribution in [0.5, 0.6) is 0 Å². The van der Waals surface area contributed by atoms with Crippen molar-refractivity contribution in [2.24, 2.45) is 5.92 Å². The molecule has 3 aromatic rings. The molecule has 2 N–H and O–H groups in total. The number of anilines is 3. The Morgan fingerprint density at radius 3 is 2.39 bits per heavy atom. The molecule has 0 spiro atoms. The minimum Gasteiger partial charge on any atom is -0.369 e. The molecule has 0 bridgehead atoms. The zero-order valence-corrected chi connectivity index (χ0v) is 20.7. The zero-order chi connectivity index (χ0) is 25.2. The number of hydrogen-bond donors (Lipinski definition) is 1. The van der Waals surface area contributed by atoms with Crippen LogP contribution in [0.15, 0.2) is 36.5 Å². The van der Waals surface area contributed by atoms with Gasteiger partial charge in [-0.2, -0.15) is 15.1 Å². The number of nitrogens with zero attached hydrogens (tertiary/aromatic N) is 7. The summed E-state index contributed by atoms with van der Waals surface area (Å²) in [6.07, 6.45) is 7.17. The molecule has 2 aliphatic rings. The molecule has 0 aliphatic carbocycles. The first kappa shape index (κ1) is 24.2. The van der Waals surface area contributed by atoms with Gasteiger partial charge in [-0.05, 0) is 31.4 Å². The molecule has 0 amide bonds. The summed E-state index contributed by atoms with van der Waals surface area (Å²) in [5.74, 6) is 1.30. The molecule has 10 heteroatoms. The van der Waals surface area contributed by atoms with Gasteiger partial charge in [-0.1, -0.05) is 19.1 Å². The van der Waals surface area contributed by atoms with Gasteiger partial charge in [0, 0.05) is 69.2 Å². The fourth-order valence-electron chi connectivity index (χ4n) is 4.91. The smallest absolute Gasteiger partial charge is 0.224 e. The molecule has 2 aromatic heterocycles. The molecule has 8 nitrogen and oxygen atoms in total. The van der Waals surface area contributed by atoms with Crippen LogP contribution in [0.25, 0.3) is 11.9 Å². The largest absolute Gasteiger partial charge is 0.369 e. The minimum absolute atomic E-state index is 0.245. The molecule has 1 aromatic carbocycles. The number of piperazine rings is 1. The number of halogens is 2. The number of rotatable bonds is 6. The van der Waals surface area contributed by atoms with Crippen molar-refractivity contribution in [1.82, 2.24) is 24.6 Å². The Hall–Kier alpha value is -3.53. The highest BCUT2D eigenvalue weighted by molar-refractivity contribution is 5.54. The molecule has 2 saturated heterocycles. The van der Waals surface area contributed by atoms with E-state index in [4.69, 9.17) is 5.73 Å². The van der Waals surface area contributed by atoms with Gasteiger partial charge in [0.15, 0.2) is 5.82 Å². The number of benzene rings is 1. The Balaban J connectivity index is 1.21. The second kappa shape index (κ2) is 10.2. The first-order chi connectivity index (χ1) is 17.4. The third-order valence-corrected chi connectivity index (χ3v) is 6.97.